The van der Waals surface area contributed by atoms with E-state index in [1.165, 1.54) is 74.8 Å². The van der Waals surface area contributed by atoms with E-state index in [1.807, 2.05) is 24.5 Å². The van der Waals surface area contributed by atoms with Gasteiger partial charge in [0.2, 0.25) is 0 Å². The van der Waals surface area contributed by atoms with Crippen molar-refractivity contribution in [3.8, 4) is 0 Å². The molecule has 1 fully saturated rings. The second-order valence-electron chi connectivity index (χ2n) is 9.95. The first kappa shape index (κ1) is 21.8. The summed E-state index contributed by atoms with van der Waals surface area (Å²) in [7, 11) is 0. The smallest absolute Gasteiger partial charge is 0.153 e. The van der Waals surface area contributed by atoms with Gasteiger partial charge in [-0.2, -0.15) is 0 Å². The van der Waals surface area contributed by atoms with Gasteiger partial charge in [0.05, 0.1) is 23.6 Å². The lowest BCUT2D eigenvalue weighted by Crippen LogP contribution is -2.36. The van der Waals surface area contributed by atoms with Crippen molar-refractivity contribution in [3.05, 3.63) is 71.8 Å². The fraction of sp³-hybridized carbons (Fsp3) is 0.448. The highest BCUT2D eigenvalue weighted by Gasteiger charge is 2.27. The molecule has 1 aliphatic heterocycles. The van der Waals surface area contributed by atoms with E-state index in [1.54, 1.807) is 0 Å². The van der Waals surface area contributed by atoms with Crippen LogP contribution in [0.5, 0.6) is 0 Å². The molecule has 0 spiro atoms. The molecular weight excluding hydrogens is 420 g/mol. The molecule has 2 aliphatic rings. The SMILES string of the molecule is c1cnc2c(c1)CCCC2N(CCCN1CCCCC1)Cc1cc2c(cn1)oc1ccccc12. The van der Waals surface area contributed by atoms with Crippen molar-refractivity contribution in [2.75, 3.05) is 26.2 Å². The Kier molecular flexibility index (Phi) is 6.30. The first-order chi connectivity index (χ1) is 16.8. The number of rotatable bonds is 7. The predicted molar refractivity (Wildman–Crippen MR) is 137 cm³/mol. The van der Waals surface area contributed by atoms with E-state index in [2.05, 4.69) is 40.1 Å². The van der Waals surface area contributed by atoms with Crippen LogP contribution >= 0.6 is 0 Å². The minimum absolute atomic E-state index is 0.366. The van der Waals surface area contributed by atoms with Crippen LogP contribution in [0.25, 0.3) is 21.9 Å². The minimum atomic E-state index is 0.366. The lowest BCUT2D eigenvalue weighted by molar-refractivity contribution is 0.146. The van der Waals surface area contributed by atoms with Gasteiger partial charge in [0, 0.05) is 30.1 Å². The molecule has 0 saturated carbocycles. The van der Waals surface area contributed by atoms with Crippen LogP contribution in [0, 0.1) is 0 Å². The summed E-state index contributed by atoms with van der Waals surface area (Å²) in [6, 6.07) is 15.2. The molecule has 0 bridgehead atoms. The van der Waals surface area contributed by atoms with Gasteiger partial charge in [0.15, 0.2) is 5.58 Å². The van der Waals surface area contributed by atoms with Crippen LogP contribution in [0.1, 0.15) is 61.5 Å². The Hall–Kier alpha value is -2.76. The normalized spacial score (nSPS) is 19.1. The molecule has 4 heterocycles. The Morgan fingerprint density at radius 3 is 2.79 bits per heavy atom. The summed E-state index contributed by atoms with van der Waals surface area (Å²) < 4.78 is 6.02. The molecule has 4 aromatic rings. The van der Waals surface area contributed by atoms with E-state index >= 15 is 0 Å². The average Bonchev–Trinajstić information content (AvgIpc) is 3.26. The van der Waals surface area contributed by atoms with E-state index in [4.69, 9.17) is 14.4 Å². The van der Waals surface area contributed by atoms with Crippen molar-refractivity contribution in [2.45, 2.75) is 57.5 Å². The molecule has 3 aromatic heterocycles. The third kappa shape index (κ3) is 4.47. The number of likely N-dealkylation sites (tertiary alicyclic amines) is 1. The Balaban J connectivity index is 1.27. The number of hydrogen-bond donors (Lipinski definition) is 0. The summed E-state index contributed by atoms with van der Waals surface area (Å²) in [4.78, 5) is 15.0. The number of fused-ring (bicyclic) bond motifs is 4. The second kappa shape index (κ2) is 9.85. The monoisotopic (exact) mass is 454 g/mol. The molecule has 5 nitrogen and oxygen atoms in total. The predicted octanol–water partition coefficient (Wildman–Crippen LogP) is 6.13. The van der Waals surface area contributed by atoms with E-state index in [0.717, 1.165) is 41.8 Å². The average molecular weight is 455 g/mol. The number of para-hydroxylation sites is 1. The lowest BCUT2D eigenvalue weighted by Gasteiger charge is -2.35. The van der Waals surface area contributed by atoms with Crippen molar-refractivity contribution in [1.82, 2.24) is 19.8 Å². The molecule has 1 saturated heterocycles. The zero-order chi connectivity index (χ0) is 22.7. The summed E-state index contributed by atoms with van der Waals surface area (Å²) in [5.41, 5.74) is 5.61. The van der Waals surface area contributed by atoms with Crippen molar-refractivity contribution < 1.29 is 4.42 Å². The van der Waals surface area contributed by atoms with Gasteiger partial charge in [-0.3, -0.25) is 14.9 Å². The zero-order valence-corrected chi connectivity index (χ0v) is 20.0. The molecule has 34 heavy (non-hydrogen) atoms. The van der Waals surface area contributed by atoms with Gasteiger partial charge in [0.1, 0.15) is 5.58 Å². The number of aromatic nitrogens is 2. The maximum Gasteiger partial charge on any atom is 0.153 e. The first-order valence-corrected chi connectivity index (χ1v) is 13.0. The number of pyridine rings is 2. The van der Waals surface area contributed by atoms with Crippen molar-refractivity contribution in [3.63, 3.8) is 0 Å². The summed E-state index contributed by atoms with van der Waals surface area (Å²) in [5, 5.41) is 2.33. The Morgan fingerprint density at radius 2 is 1.85 bits per heavy atom. The highest BCUT2D eigenvalue weighted by molar-refractivity contribution is 6.04. The van der Waals surface area contributed by atoms with Gasteiger partial charge < -0.3 is 9.32 Å². The van der Waals surface area contributed by atoms with Crippen LogP contribution in [-0.4, -0.2) is 45.9 Å². The topological polar surface area (TPSA) is 45.4 Å². The third-order valence-corrected chi connectivity index (χ3v) is 7.66. The van der Waals surface area contributed by atoms with Crippen molar-refractivity contribution in [2.24, 2.45) is 0 Å². The number of piperidine rings is 1. The number of aryl methyl sites for hydroxylation is 1. The lowest BCUT2D eigenvalue weighted by atomic mass is 9.90. The van der Waals surface area contributed by atoms with Crippen LogP contribution in [0.15, 0.2) is 59.3 Å². The van der Waals surface area contributed by atoms with Crippen LogP contribution in [0.2, 0.25) is 0 Å². The molecular formula is C29H34N4O. The Bertz CT molecular complexity index is 1260. The largest absolute Gasteiger partial charge is 0.454 e. The van der Waals surface area contributed by atoms with E-state index < -0.39 is 0 Å². The highest BCUT2D eigenvalue weighted by atomic mass is 16.3. The van der Waals surface area contributed by atoms with Gasteiger partial charge >= 0.3 is 0 Å². The van der Waals surface area contributed by atoms with E-state index in [9.17, 15) is 0 Å². The molecule has 0 amide bonds. The van der Waals surface area contributed by atoms with Gasteiger partial charge in [-0.05, 0) is 81.9 Å². The van der Waals surface area contributed by atoms with Gasteiger partial charge in [-0.15, -0.1) is 0 Å². The summed E-state index contributed by atoms with van der Waals surface area (Å²) >= 11 is 0. The van der Waals surface area contributed by atoms with Crippen molar-refractivity contribution in [1.29, 1.82) is 0 Å². The number of hydrogen-bond acceptors (Lipinski definition) is 5. The summed E-state index contributed by atoms with van der Waals surface area (Å²) in [6.07, 6.45) is 12.7. The van der Waals surface area contributed by atoms with Crippen molar-refractivity contribution >= 4 is 21.9 Å². The molecule has 0 radical (unpaired) electrons. The molecule has 1 aliphatic carbocycles. The van der Waals surface area contributed by atoms with Crippen LogP contribution in [0.4, 0.5) is 0 Å². The molecule has 1 unspecified atom stereocenters. The first-order valence-electron chi connectivity index (χ1n) is 13.0. The van der Waals surface area contributed by atoms with Crippen LogP contribution < -0.4 is 0 Å². The van der Waals surface area contributed by atoms with Crippen LogP contribution in [0.3, 0.4) is 0 Å². The molecule has 176 valence electrons. The summed E-state index contributed by atoms with van der Waals surface area (Å²) in [5.74, 6) is 0. The second-order valence-corrected chi connectivity index (χ2v) is 9.95. The van der Waals surface area contributed by atoms with E-state index in [-0.39, 0.29) is 0 Å². The molecule has 6 rings (SSSR count). The Labute approximate surface area is 201 Å². The number of benzene rings is 1. The van der Waals surface area contributed by atoms with Gasteiger partial charge in [-0.25, -0.2) is 0 Å². The number of furan rings is 1. The fourth-order valence-electron chi connectivity index (χ4n) is 5.93. The molecule has 5 heteroatoms. The minimum Gasteiger partial charge on any atom is -0.454 e. The van der Waals surface area contributed by atoms with Crippen LogP contribution in [-0.2, 0) is 13.0 Å². The quantitative estimate of drug-likeness (QED) is 0.336. The molecule has 0 N–H and O–H groups in total. The Morgan fingerprint density at radius 1 is 0.941 bits per heavy atom. The fourth-order valence-corrected chi connectivity index (χ4v) is 5.93. The number of nitrogens with zero attached hydrogens (tertiary/aromatic N) is 4. The maximum atomic E-state index is 6.02. The van der Waals surface area contributed by atoms with Gasteiger partial charge in [0.25, 0.3) is 0 Å². The maximum absolute atomic E-state index is 6.02. The zero-order valence-electron chi connectivity index (χ0n) is 20.0. The third-order valence-electron chi connectivity index (χ3n) is 7.66. The van der Waals surface area contributed by atoms with E-state index in [0.29, 0.717) is 6.04 Å². The molecule has 1 atom stereocenters. The summed E-state index contributed by atoms with van der Waals surface area (Å²) in [6.45, 7) is 5.63. The highest BCUT2D eigenvalue weighted by Crippen LogP contribution is 2.34. The standard InChI is InChI=1S/C29H34N4O/c1-4-15-32(16-5-1)17-8-18-33(26-12-6-9-22-10-7-14-30-29(22)26)21-23-19-25-24-11-2-3-13-27(24)34-28(25)20-31-23/h2-3,7,10-11,13-14,19-20,26H,1,4-6,8-9,12,15-18,21H2. The van der Waals surface area contributed by atoms with Gasteiger partial charge in [-0.1, -0.05) is 30.7 Å². The molecule has 1 aromatic carbocycles.